The van der Waals surface area contributed by atoms with Gasteiger partial charge in [0.1, 0.15) is 12.1 Å². The molecule has 0 radical (unpaired) electrons. The normalized spacial score (nSPS) is 23.5. The molecule has 2 saturated heterocycles. The Balaban J connectivity index is 2.42. The predicted octanol–water partition coefficient (Wildman–Crippen LogP) is 2.11. The van der Waals surface area contributed by atoms with Crippen molar-refractivity contribution in [1.82, 2.24) is 31.5 Å². The van der Waals surface area contributed by atoms with Gasteiger partial charge in [-0.05, 0) is 63.2 Å². The zero-order valence-corrected chi connectivity index (χ0v) is 28.4. The van der Waals surface area contributed by atoms with Gasteiger partial charge in [-0.2, -0.15) is 0 Å². The van der Waals surface area contributed by atoms with Crippen molar-refractivity contribution in [2.45, 2.75) is 119 Å². The summed E-state index contributed by atoms with van der Waals surface area (Å²) < 4.78 is 0. The SMILES string of the molecule is CCCCNC(=O)C(=O)[C@H](C[C@@H]1CCNC1=O)NC(=O)[C@@H]1[C@@H](C(C)C)[C@@H](C)CN1C(=O)[C@@H](NC(=O)NC(C)(C)C)C(C)(C)C. The highest BCUT2D eigenvalue weighted by atomic mass is 16.2. The number of amides is 6. The molecule has 2 fully saturated rings. The van der Waals surface area contributed by atoms with Gasteiger partial charge >= 0.3 is 6.03 Å². The third kappa shape index (κ3) is 9.92. The lowest BCUT2D eigenvalue weighted by Crippen LogP contribution is -2.62. The summed E-state index contributed by atoms with van der Waals surface area (Å²) in [6, 6.07) is -3.60. The van der Waals surface area contributed by atoms with Crippen LogP contribution in [0.15, 0.2) is 0 Å². The van der Waals surface area contributed by atoms with E-state index >= 15 is 0 Å². The molecule has 0 saturated carbocycles. The van der Waals surface area contributed by atoms with Crippen LogP contribution in [-0.2, 0) is 24.0 Å². The molecule has 0 bridgehead atoms. The number of nitrogens with one attached hydrogen (secondary N) is 5. The average Bonchev–Trinajstić information content (AvgIpc) is 3.46. The van der Waals surface area contributed by atoms with E-state index in [0.29, 0.717) is 25.9 Å². The maximum atomic E-state index is 14.2. The van der Waals surface area contributed by atoms with E-state index in [1.54, 1.807) is 0 Å². The molecule has 0 unspecified atom stereocenters. The topological polar surface area (TPSA) is 166 Å². The molecule has 0 aromatic heterocycles. The van der Waals surface area contributed by atoms with E-state index in [4.69, 9.17) is 0 Å². The fourth-order valence-electron chi connectivity index (χ4n) is 6.22. The third-order valence-electron chi connectivity index (χ3n) is 8.40. The number of urea groups is 1. The Morgan fingerprint density at radius 2 is 1.66 bits per heavy atom. The fraction of sp³-hybridized carbons (Fsp3) is 0.812. The average molecular weight is 621 g/mol. The predicted molar refractivity (Wildman–Crippen MR) is 168 cm³/mol. The largest absolute Gasteiger partial charge is 0.356 e. The maximum Gasteiger partial charge on any atom is 0.315 e. The molecule has 2 aliphatic heterocycles. The Kier molecular flexibility index (Phi) is 12.8. The summed E-state index contributed by atoms with van der Waals surface area (Å²) in [6.45, 7) is 20.1. The van der Waals surface area contributed by atoms with Crippen LogP contribution in [-0.4, -0.2) is 83.6 Å². The van der Waals surface area contributed by atoms with Crippen molar-refractivity contribution in [1.29, 1.82) is 0 Å². The van der Waals surface area contributed by atoms with E-state index in [9.17, 15) is 28.8 Å². The molecule has 12 heteroatoms. The van der Waals surface area contributed by atoms with Gasteiger partial charge in [-0.3, -0.25) is 24.0 Å². The highest BCUT2D eigenvalue weighted by Crippen LogP contribution is 2.37. The number of likely N-dealkylation sites (tertiary alicyclic amines) is 1. The molecule has 5 N–H and O–H groups in total. The Morgan fingerprint density at radius 1 is 1.02 bits per heavy atom. The number of carbonyl (C=O) groups excluding carboxylic acids is 6. The van der Waals surface area contributed by atoms with Crippen molar-refractivity contribution in [2.24, 2.45) is 29.1 Å². The molecule has 0 aromatic rings. The van der Waals surface area contributed by atoms with E-state index < -0.39 is 64.5 Å². The minimum Gasteiger partial charge on any atom is -0.356 e. The number of ketones is 1. The maximum absolute atomic E-state index is 14.2. The standard InChI is InChI=1S/C32H56N6O6/c1-11-12-14-33-28(42)24(39)21(16-20-13-15-34-26(20)40)35-27(41)23-22(18(2)3)19(4)17-38(23)29(43)25(31(5,6)7)36-30(44)37-32(8,9)10/h18-23,25H,11-17H2,1-10H3,(H,33,42)(H,34,40)(H,35,41)(H2,36,37,44)/t19-,20-,21-,22-,23-,25+/m0/s1. The summed E-state index contributed by atoms with van der Waals surface area (Å²) >= 11 is 0. The van der Waals surface area contributed by atoms with Gasteiger partial charge in [0.05, 0.1) is 6.04 Å². The summed E-state index contributed by atoms with van der Waals surface area (Å²) in [4.78, 5) is 81.3. The first-order valence-electron chi connectivity index (χ1n) is 16.1. The van der Waals surface area contributed by atoms with Gasteiger partial charge in [0.25, 0.3) is 5.91 Å². The van der Waals surface area contributed by atoms with Crippen LogP contribution in [0.5, 0.6) is 0 Å². The van der Waals surface area contributed by atoms with Crippen LogP contribution in [0.2, 0.25) is 0 Å². The summed E-state index contributed by atoms with van der Waals surface area (Å²) in [7, 11) is 0. The van der Waals surface area contributed by atoms with Crippen LogP contribution in [0.3, 0.4) is 0 Å². The first kappa shape index (κ1) is 37.0. The quantitative estimate of drug-likeness (QED) is 0.166. The molecule has 0 aliphatic carbocycles. The lowest BCUT2D eigenvalue weighted by Gasteiger charge is -2.37. The number of unbranched alkanes of at least 4 members (excludes halogenated alkanes) is 1. The zero-order chi connectivity index (χ0) is 33.6. The lowest BCUT2D eigenvalue weighted by molar-refractivity contribution is -0.145. The number of hydrogen-bond donors (Lipinski definition) is 5. The Bertz CT molecular complexity index is 1080. The molecule has 6 amide bonds. The number of nitrogens with zero attached hydrogens (tertiary/aromatic N) is 1. The minimum absolute atomic E-state index is 0.0101. The van der Waals surface area contributed by atoms with E-state index in [2.05, 4.69) is 26.6 Å². The number of rotatable bonds is 12. The van der Waals surface area contributed by atoms with E-state index in [1.165, 1.54) is 4.90 Å². The minimum atomic E-state index is -1.23. The van der Waals surface area contributed by atoms with Gasteiger partial charge in [-0.15, -0.1) is 0 Å². The van der Waals surface area contributed by atoms with Crippen molar-refractivity contribution < 1.29 is 28.8 Å². The van der Waals surface area contributed by atoms with E-state index in [-0.39, 0.29) is 36.6 Å². The first-order valence-corrected chi connectivity index (χ1v) is 16.1. The summed E-state index contributed by atoms with van der Waals surface area (Å²) in [5.41, 5.74) is -1.21. The van der Waals surface area contributed by atoms with Crippen molar-refractivity contribution in [3.05, 3.63) is 0 Å². The second-order valence-electron chi connectivity index (χ2n) is 14.9. The van der Waals surface area contributed by atoms with E-state index in [1.807, 2.05) is 69.2 Å². The zero-order valence-electron chi connectivity index (χ0n) is 28.4. The highest BCUT2D eigenvalue weighted by molar-refractivity contribution is 6.38. The molecule has 2 rings (SSSR count). The van der Waals surface area contributed by atoms with Crippen LogP contribution in [0.4, 0.5) is 4.79 Å². The number of carbonyl (C=O) groups is 6. The number of hydrogen-bond acceptors (Lipinski definition) is 6. The highest BCUT2D eigenvalue weighted by Gasteiger charge is 2.51. The van der Waals surface area contributed by atoms with Crippen LogP contribution >= 0.6 is 0 Å². The Morgan fingerprint density at radius 3 is 2.16 bits per heavy atom. The van der Waals surface area contributed by atoms with Gasteiger partial charge < -0.3 is 31.5 Å². The van der Waals surface area contributed by atoms with Crippen molar-refractivity contribution in [3.63, 3.8) is 0 Å². The van der Waals surface area contributed by atoms with Crippen molar-refractivity contribution in [2.75, 3.05) is 19.6 Å². The monoisotopic (exact) mass is 620 g/mol. The molecule has 44 heavy (non-hydrogen) atoms. The molecule has 12 nitrogen and oxygen atoms in total. The molecule has 250 valence electrons. The first-order chi connectivity index (χ1) is 20.3. The van der Waals surface area contributed by atoms with E-state index in [0.717, 1.165) is 6.42 Å². The Labute approximate surface area is 263 Å². The lowest BCUT2D eigenvalue weighted by atomic mass is 9.81. The van der Waals surface area contributed by atoms with Crippen LogP contribution < -0.4 is 26.6 Å². The van der Waals surface area contributed by atoms with Crippen LogP contribution in [0.25, 0.3) is 0 Å². The number of Topliss-reactive ketones (excluding diaryl/α,β-unsaturated/α-hetero) is 1. The summed E-state index contributed by atoms with van der Waals surface area (Å²) in [5, 5.41) is 13.8. The smallest absolute Gasteiger partial charge is 0.315 e. The van der Waals surface area contributed by atoms with Crippen molar-refractivity contribution >= 4 is 35.4 Å². The molecule has 0 spiro atoms. The van der Waals surface area contributed by atoms with Gasteiger partial charge in [-0.25, -0.2) is 4.79 Å². The molecule has 2 heterocycles. The summed E-state index contributed by atoms with van der Waals surface area (Å²) in [5.74, 6) is -3.59. The third-order valence-corrected chi connectivity index (χ3v) is 8.40. The summed E-state index contributed by atoms with van der Waals surface area (Å²) in [6.07, 6.45) is 2.01. The van der Waals surface area contributed by atoms with Crippen molar-refractivity contribution in [3.8, 4) is 0 Å². The Hall–Kier alpha value is -3.18. The molecule has 0 aromatic carbocycles. The molecular weight excluding hydrogens is 564 g/mol. The fourth-order valence-corrected chi connectivity index (χ4v) is 6.22. The van der Waals surface area contributed by atoms with Gasteiger partial charge in [0, 0.05) is 31.1 Å². The van der Waals surface area contributed by atoms with Crippen LogP contribution in [0.1, 0.15) is 94.9 Å². The van der Waals surface area contributed by atoms with Gasteiger partial charge in [0.2, 0.25) is 23.5 Å². The van der Waals surface area contributed by atoms with Gasteiger partial charge in [0.15, 0.2) is 0 Å². The molecular formula is C32H56N6O6. The molecule has 6 atom stereocenters. The second kappa shape index (κ2) is 15.2. The molecule has 2 aliphatic rings. The van der Waals surface area contributed by atoms with Crippen LogP contribution in [0, 0.1) is 29.1 Å². The van der Waals surface area contributed by atoms with Gasteiger partial charge in [-0.1, -0.05) is 54.9 Å². The second-order valence-corrected chi connectivity index (χ2v) is 14.9.